The minimum atomic E-state index is -0.269. The van der Waals surface area contributed by atoms with Gasteiger partial charge in [0.25, 0.3) is 5.91 Å². The number of anilines is 1. The van der Waals surface area contributed by atoms with Gasteiger partial charge in [-0.3, -0.25) is 9.48 Å². The molecule has 204 valence electrons. The summed E-state index contributed by atoms with van der Waals surface area (Å²) in [5.74, 6) is 1.49. The van der Waals surface area contributed by atoms with E-state index >= 15 is 0 Å². The van der Waals surface area contributed by atoms with Crippen molar-refractivity contribution in [2.45, 2.75) is 39.5 Å². The molecule has 10 heteroatoms. The van der Waals surface area contributed by atoms with Crippen LogP contribution in [-0.4, -0.2) is 64.0 Å². The standard InChI is InChI=1S/C29H35N7O3/c1-18-7-8-24(36-15-25(16-36)34(4)5)12-27(18)29(37)31-19(2)21-9-22(23-13-30-35(6)14-23)11-26(10-21)38-17-28-32-20(3)39-33-28/h7-14,19,25H,15-17H2,1-6H3,(H,31,37)/t19-/m1/s1. The lowest BCUT2D eigenvalue weighted by molar-refractivity contribution is 0.0939. The number of hydrogen-bond donors (Lipinski definition) is 1. The first-order chi connectivity index (χ1) is 18.7. The number of nitrogens with zero attached hydrogens (tertiary/aromatic N) is 6. The van der Waals surface area contributed by atoms with Gasteiger partial charge in [-0.2, -0.15) is 10.1 Å². The molecule has 1 aliphatic heterocycles. The van der Waals surface area contributed by atoms with Crippen molar-refractivity contribution in [3.8, 4) is 16.9 Å². The fraction of sp³-hybridized carbons (Fsp3) is 0.379. The van der Waals surface area contributed by atoms with Crippen LogP contribution in [0.3, 0.4) is 0 Å². The molecule has 2 aromatic carbocycles. The van der Waals surface area contributed by atoms with Gasteiger partial charge in [0.2, 0.25) is 11.7 Å². The summed E-state index contributed by atoms with van der Waals surface area (Å²) in [4.78, 5) is 22.2. The van der Waals surface area contributed by atoms with Crippen molar-refractivity contribution in [1.29, 1.82) is 0 Å². The van der Waals surface area contributed by atoms with E-state index in [1.807, 2.05) is 51.4 Å². The Morgan fingerprint density at radius 2 is 1.97 bits per heavy atom. The Hall–Kier alpha value is -4.18. The van der Waals surface area contributed by atoms with Crippen molar-refractivity contribution < 1.29 is 14.1 Å². The molecule has 0 radical (unpaired) electrons. The Morgan fingerprint density at radius 3 is 2.64 bits per heavy atom. The first-order valence-electron chi connectivity index (χ1n) is 13.0. The van der Waals surface area contributed by atoms with Gasteiger partial charge in [0.1, 0.15) is 5.75 Å². The van der Waals surface area contributed by atoms with Crippen LogP contribution in [0.5, 0.6) is 5.75 Å². The van der Waals surface area contributed by atoms with Gasteiger partial charge in [0.15, 0.2) is 6.61 Å². The molecule has 2 aromatic heterocycles. The number of amides is 1. The lowest BCUT2D eigenvalue weighted by atomic mass is 10.00. The summed E-state index contributed by atoms with van der Waals surface area (Å²) in [5.41, 5.74) is 5.49. The lowest BCUT2D eigenvalue weighted by Crippen LogP contribution is -2.57. The second-order valence-corrected chi connectivity index (χ2v) is 10.4. The second-order valence-electron chi connectivity index (χ2n) is 10.4. The summed E-state index contributed by atoms with van der Waals surface area (Å²) >= 11 is 0. The first kappa shape index (κ1) is 26.4. The van der Waals surface area contributed by atoms with Crippen molar-refractivity contribution >= 4 is 11.6 Å². The van der Waals surface area contributed by atoms with Crippen LogP contribution in [0.15, 0.2) is 53.3 Å². The summed E-state index contributed by atoms with van der Waals surface area (Å²) in [6.45, 7) is 7.77. The molecule has 1 amide bonds. The number of nitrogens with one attached hydrogen (secondary N) is 1. The highest BCUT2D eigenvalue weighted by atomic mass is 16.5. The number of carbonyl (C=O) groups excluding carboxylic acids is 1. The molecule has 1 atom stereocenters. The Kier molecular flexibility index (Phi) is 7.38. The molecule has 4 aromatic rings. The van der Waals surface area contributed by atoms with E-state index in [1.54, 1.807) is 17.8 Å². The van der Waals surface area contributed by atoms with Crippen LogP contribution in [0.25, 0.3) is 11.1 Å². The van der Waals surface area contributed by atoms with E-state index in [1.165, 1.54) is 0 Å². The van der Waals surface area contributed by atoms with Crippen LogP contribution >= 0.6 is 0 Å². The molecule has 1 N–H and O–H groups in total. The van der Waals surface area contributed by atoms with E-state index < -0.39 is 0 Å². The molecular weight excluding hydrogens is 494 g/mol. The molecule has 3 heterocycles. The zero-order valence-electron chi connectivity index (χ0n) is 23.3. The average Bonchev–Trinajstić information content (AvgIpc) is 3.50. The normalized spacial score (nSPS) is 14.4. The van der Waals surface area contributed by atoms with E-state index in [0.29, 0.717) is 29.1 Å². The number of benzene rings is 2. The number of ether oxygens (including phenoxy) is 1. The smallest absolute Gasteiger partial charge is 0.252 e. The molecule has 0 unspecified atom stereocenters. The van der Waals surface area contributed by atoms with Crippen LogP contribution in [0, 0.1) is 13.8 Å². The Morgan fingerprint density at radius 1 is 1.18 bits per heavy atom. The third kappa shape index (κ3) is 5.96. The van der Waals surface area contributed by atoms with E-state index in [-0.39, 0.29) is 18.6 Å². The SMILES string of the molecule is Cc1nc(COc2cc(-c3cnn(C)c3)cc([C@@H](C)NC(=O)c3cc(N4CC(N(C)C)C4)ccc3C)c2)no1. The van der Waals surface area contributed by atoms with Gasteiger partial charge in [-0.25, -0.2) is 0 Å². The predicted molar refractivity (Wildman–Crippen MR) is 149 cm³/mol. The number of aryl methyl sites for hydroxylation is 3. The number of likely N-dealkylation sites (N-methyl/N-ethyl adjacent to an activating group) is 1. The summed E-state index contributed by atoms with van der Waals surface area (Å²) in [5, 5.41) is 11.4. The van der Waals surface area contributed by atoms with E-state index in [2.05, 4.69) is 56.6 Å². The summed E-state index contributed by atoms with van der Waals surface area (Å²) in [7, 11) is 6.08. The van der Waals surface area contributed by atoms with Gasteiger partial charge in [-0.05, 0) is 75.0 Å². The van der Waals surface area contributed by atoms with Crippen LogP contribution < -0.4 is 15.0 Å². The second kappa shape index (κ2) is 10.9. The molecule has 1 aliphatic rings. The van der Waals surface area contributed by atoms with Gasteiger partial charge >= 0.3 is 0 Å². The van der Waals surface area contributed by atoms with Crippen LogP contribution in [0.4, 0.5) is 5.69 Å². The zero-order chi connectivity index (χ0) is 27.7. The molecule has 0 saturated carbocycles. The van der Waals surface area contributed by atoms with Crippen molar-refractivity contribution in [3.05, 3.63) is 77.2 Å². The van der Waals surface area contributed by atoms with Crippen molar-refractivity contribution in [2.24, 2.45) is 7.05 Å². The minimum absolute atomic E-state index is 0.108. The highest BCUT2D eigenvalue weighted by Crippen LogP contribution is 2.30. The minimum Gasteiger partial charge on any atom is -0.485 e. The monoisotopic (exact) mass is 529 g/mol. The molecule has 5 rings (SSSR count). The summed E-state index contributed by atoms with van der Waals surface area (Å²) in [6, 6.07) is 12.3. The first-order valence-corrected chi connectivity index (χ1v) is 13.0. The van der Waals surface area contributed by atoms with E-state index in [9.17, 15) is 4.79 Å². The van der Waals surface area contributed by atoms with Gasteiger partial charge in [-0.1, -0.05) is 11.2 Å². The van der Waals surface area contributed by atoms with E-state index in [0.717, 1.165) is 41.0 Å². The number of hydrogen-bond acceptors (Lipinski definition) is 8. The molecule has 0 bridgehead atoms. The molecule has 39 heavy (non-hydrogen) atoms. The van der Waals surface area contributed by atoms with Crippen molar-refractivity contribution in [2.75, 3.05) is 32.1 Å². The van der Waals surface area contributed by atoms with E-state index in [4.69, 9.17) is 9.26 Å². The molecule has 0 aliphatic carbocycles. The largest absolute Gasteiger partial charge is 0.485 e. The maximum atomic E-state index is 13.4. The predicted octanol–water partition coefficient (Wildman–Crippen LogP) is 3.91. The highest BCUT2D eigenvalue weighted by molar-refractivity contribution is 5.97. The molecular formula is C29H35N7O3. The average molecular weight is 530 g/mol. The quantitative estimate of drug-likeness (QED) is 0.348. The van der Waals surface area contributed by atoms with Crippen LogP contribution in [0.1, 0.15) is 46.2 Å². The molecule has 1 fully saturated rings. The number of rotatable bonds is 9. The highest BCUT2D eigenvalue weighted by Gasteiger charge is 2.29. The number of carbonyl (C=O) groups is 1. The molecule has 0 spiro atoms. The van der Waals surface area contributed by atoms with Crippen LogP contribution in [0.2, 0.25) is 0 Å². The molecule has 1 saturated heterocycles. The maximum Gasteiger partial charge on any atom is 0.252 e. The van der Waals surface area contributed by atoms with Gasteiger partial charge in [-0.15, -0.1) is 0 Å². The Bertz CT molecular complexity index is 1470. The van der Waals surface area contributed by atoms with Crippen molar-refractivity contribution in [1.82, 2.24) is 30.1 Å². The zero-order valence-corrected chi connectivity index (χ0v) is 23.3. The van der Waals surface area contributed by atoms with Gasteiger partial charge in [0.05, 0.1) is 12.2 Å². The maximum absolute atomic E-state index is 13.4. The third-order valence-electron chi connectivity index (χ3n) is 7.18. The topological polar surface area (TPSA) is 102 Å². The lowest BCUT2D eigenvalue weighted by Gasteiger charge is -2.44. The Labute approximate surface area is 228 Å². The summed E-state index contributed by atoms with van der Waals surface area (Å²) < 4.78 is 12.8. The fourth-order valence-electron chi connectivity index (χ4n) is 4.64. The van der Waals surface area contributed by atoms with Gasteiger partial charge < -0.3 is 24.4 Å². The number of aromatic nitrogens is 4. The van der Waals surface area contributed by atoms with Gasteiger partial charge in [0, 0.05) is 56.1 Å². The Balaban J connectivity index is 1.35. The third-order valence-corrected chi connectivity index (χ3v) is 7.18. The van der Waals surface area contributed by atoms with Crippen LogP contribution in [-0.2, 0) is 13.7 Å². The molecule has 10 nitrogen and oxygen atoms in total. The summed E-state index contributed by atoms with van der Waals surface area (Å²) in [6.07, 6.45) is 3.75. The fourth-order valence-corrected chi connectivity index (χ4v) is 4.64. The van der Waals surface area contributed by atoms with Crippen molar-refractivity contribution in [3.63, 3.8) is 0 Å².